The first-order valence-electron chi connectivity index (χ1n) is 14.4. The zero-order valence-corrected chi connectivity index (χ0v) is 23.9. The van der Waals surface area contributed by atoms with Gasteiger partial charge in [0.05, 0.1) is 12.8 Å². The van der Waals surface area contributed by atoms with Crippen LogP contribution in [0, 0.1) is 6.92 Å². The number of fused-ring (bicyclic) bond motifs is 1. The molecule has 0 aliphatic carbocycles. The molecule has 2 saturated heterocycles. The van der Waals surface area contributed by atoms with Crippen LogP contribution >= 0.6 is 0 Å². The largest absolute Gasteiger partial charge is 0.495 e. The molecular formula is C33H38N4O3. The van der Waals surface area contributed by atoms with Crippen molar-refractivity contribution in [3.8, 4) is 16.9 Å². The van der Waals surface area contributed by atoms with Gasteiger partial charge < -0.3 is 24.8 Å². The Kier molecular flexibility index (Phi) is 7.00. The second-order valence-corrected chi connectivity index (χ2v) is 11.5. The standard InChI is InChI=1S/C33H38N4O3/c1-21-16-27(36-14-5-6-32(36)38)11-12-28(21)24-7-9-25(10-8-24)33(39)37-15-13-26-17-31(40-4)30(18-29(26)37)35-19-22(2)34-23(3)20-35/h7-12,16-18,22-23,34H,5-6,13-15,19-20H2,1-4H3. The third-order valence-corrected chi connectivity index (χ3v) is 8.46. The van der Waals surface area contributed by atoms with Crippen molar-refractivity contribution in [2.24, 2.45) is 0 Å². The maximum absolute atomic E-state index is 13.7. The summed E-state index contributed by atoms with van der Waals surface area (Å²) in [7, 11) is 1.72. The summed E-state index contributed by atoms with van der Waals surface area (Å²) in [6.45, 7) is 9.71. The smallest absolute Gasteiger partial charge is 0.258 e. The number of methoxy groups -OCH3 is 1. The van der Waals surface area contributed by atoms with E-state index >= 15 is 0 Å². The van der Waals surface area contributed by atoms with Crippen LogP contribution in [0.2, 0.25) is 0 Å². The average molecular weight is 539 g/mol. The molecule has 2 amide bonds. The Morgan fingerprint density at radius 1 is 0.925 bits per heavy atom. The van der Waals surface area contributed by atoms with Gasteiger partial charge in [-0.3, -0.25) is 9.59 Å². The fourth-order valence-electron chi connectivity index (χ4n) is 6.56. The average Bonchev–Trinajstić information content (AvgIpc) is 3.57. The van der Waals surface area contributed by atoms with E-state index in [9.17, 15) is 9.59 Å². The van der Waals surface area contributed by atoms with Crippen LogP contribution in [0.5, 0.6) is 5.75 Å². The van der Waals surface area contributed by atoms with Crippen molar-refractivity contribution in [2.45, 2.75) is 52.1 Å². The molecule has 208 valence electrons. The van der Waals surface area contributed by atoms with Gasteiger partial charge in [-0.25, -0.2) is 0 Å². The second kappa shape index (κ2) is 10.6. The molecule has 0 aromatic heterocycles. The number of nitrogens with zero attached hydrogens (tertiary/aromatic N) is 3. The van der Waals surface area contributed by atoms with Crippen molar-refractivity contribution < 1.29 is 14.3 Å². The summed E-state index contributed by atoms with van der Waals surface area (Å²) in [6, 6.07) is 19.1. The number of hydrogen-bond donors (Lipinski definition) is 1. The summed E-state index contributed by atoms with van der Waals surface area (Å²) < 4.78 is 5.80. The Labute approximate surface area is 236 Å². The van der Waals surface area contributed by atoms with E-state index in [4.69, 9.17) is 4.74 Å². The van der Waals surface area contributed by atoms with E-state index in [1.165, 1.54) is 0 Å². The molecule has 7 heteroatoms. The fraction of sp³-hybridized carbons (Fsp3) is 0.394. The highest BCUT2D eigenvalue weighted by molar-refractivity contribution is 6.08. The summed E-state index contributed by atoms with van der Waals surface area (Å²) in [6.07, 6.45) is 2.36. The molecule has 0 radical (unpaired) electrons. The molecule has 6 rings (SSSR count). The molecule has 0 bridgehead atoms. The van der Waals surface area contributed by atoms with Crippen molar-refractivity contribution in [1.82, 2.24) is 5.32 Å². The third kappa shape index (κ3) is 4.83. The first-order valence-corrected chi connectivity index (χ1v) is 14.4. The highest BCUT2D eigenvalue weighted by Crippen LogP contribution is 2.40. The first-order chi connectivity index (χ1) is 19.3. The number of hydrogen-bond acceptors (Lipinski definition) is 5. The number of ether oxygens (including phenoxy) is 1. The van der Waals surface area contributed by atoms with E-state index in [1.807, 2.05) is 40.1 Å². The number of anilines is 3. The summed E-state index contributed by atoms with van der Waals surface area (Å²) in [5, 5.41) is 3.59. The van der Waals surface area contributed by atoms with Gasteiger partial charge in [0.1, 0.15) is 5.75 Å². The molecular weight excluding hydrogens is 500 g/mol. The number of amides is 2. The highest BCUT2D eigenvalue weighted by Gasteiger charge is 2.30. The maximum atomic E-state index is 13.7. The summed E-state index contributed by atoms with van der Waals surface area (Å²) in [5.74, 6) is 1.08. The summed E-state index contributed by atoms with van der Waals surface area (Å²) in [5.41, 5.74) is 8.09. The van der Waals surface area contributed by atoms with Gasteiger partial charge in [0.2, 0.25) is 5.91 Å². The molecule has 0 spiro atoms. The van der Waals surface area contributed by atoms with E-state index in [-0.39, 0.29) is 11.8 Å². The Hall–Kier alpha value is -3.84. The quantitative estimate of drug-likeness (QED) is 0.485. The monoisotopic (exact) mass is 538 g/mol. The van der Waals surface area contributed by atoms with Crippen LogP contribution < -0.4 is 24.8 Å². The lowest BCUT2D eigenvalue weighted by atomic mass is 9.98. The van der Waals surface area contributed by atoms with Crippen LogP contribution in [0.3, 0.4) is 0 Å². The van der Waals surface area contributed by atoms with Crippen molar-refractivity contribution in [1.29, 1.82) is 0 Å². The number of rotatable bonds is 5. The normalized spacial score (nSPS) is 20.7. The Morgan fingerprint density at radius 2 is 1.68 bits per heavy atom. The number of benzene rings is 3. The Balaban J connectivity index is 1.24. The lowest BCUT2D eigenvalue weighted by Gasteiger charge is -2.38. The predicted octanol–water partition coefficient (Wildman–Crippen LogP) is 5.19. The van der Waals surface area contributed by atoms with Crippen molar-refractivity contribution in [2.75, 3.05) is 48.0 Å². The van der Waals surface area contributed by atoms with Gasteiger partial charge in [-0.2, -0.15) is 0 Å². The van der Waals surface area contributed by atoms with Gasteiger partial charge in [0.15, 0.2) is 0 Å². The summed E-state index contributed by atoms with van der Waals surface area (Å²) >= 11 is 0. The lowest BCUT2D eigenvalue weighted by molar-refractivity contribution is -0.117. The molecule has 2 atom stereocenters. The topological polar surface area (TPSA) is 65.1 Å². The molecule has 7 nitrogen and oxygen atoms in total. The Morgan fingerprint density at radius 3 is 2.33 bits per heavy atom. The van der Waals surface area contributed by atoms with E-state index in [2.05, 4.69) is 55.3 Å². The minimum absolute atomic E-state index is 0.0167. The number of aryl methyl sites for hydroxylation is 1. The molecule has 0 saturated carbocycles. The van der Waals surface area contributed by atoms with E-state index in [0.717, 1.165) is 77.5 Å². The highest BCUT2D eigenvalue weighted by atomic mass is 16.5. The first kappa shape index (κ1) is 26.4. The predicted molar refractivity (Wildman–Crippen MR) is 161 cm³/mol. The van der Waals surface area contributed by atoms with Crippen LogP contribution in [0.1, 0.15) is 48.2 Å². The molecule has 3 aliphatic rings. The minimum Gasteiger partial charge on any atom is -0.495 e. The number of piperazine rings is 1. The zero-order chi connectivity index (χ0) is 28.0. The minimum atomic E-state index is 0.0167. The molecule has 2 unspecified atom stereocenters. The van der Waals surface area contributed by atoms with Crippen LogP contribution in [0.25, 0.3) is 11.1 Å². The van der Waals surface area contributed by atoms with Crippen molar-refractivity contribution in [3.05, 3.63) is 71.3 Å². The van der Waals surface area contributed by atoms with Gasteiger partial charge in [0, 0.05) is 61.6 Å². The van der Waals surface area contributed by atoms with E-state index in [1.54, 1.807) is 7.11 Å². The molecule has 3 aliphatic heterocycles. The van der Waals surface area contributed by atoms with Gasteiger partial charge in [-0.1, -0.05) is 18.2 Å². The SMILES string of the molecule is COc1cc2c(cc1N1CC(C)NC(C)C1)N(C(=O)c1ccc(-c3ccc(N4CCCC4=O)cc3C)cc1)CC2. The second-order valence-electron chi connectivity index (χ2n) is 11.5. The molecule has 3 heterocycles. The van der Waals surface area contributed by atoms with Crippen LogP contribution in [0.15, 0.2) is 54.6 Å². The molecule has 3 aromatic rings. The van der Waals surface area contributed by atoms with Gasteiger partial charge in [0.25, 0.3) is 5.91 Å². The van der Waals surface area contributed by atoms with Gasteiger partial charge in [-0.05, 0) is 92.3 Å². The molecule has 1 N–H and O–H groups in total. The zero-order valence-electron chi connectivity index (χ0n) is 23.9. The number of carbonyl (C=O) groups is 2. The van der Waals surface area contributed by atoms with Crippen molar-refractivity contribution >= 4 is 28.9 Å². The number of nitrogens with one attached hydrogen (secondary N) is 1. The van der Waals surface area contributed by atoms with Gasteiger partial charge >= 0.3 is 0 Å². The van der Waals surface area contributed by atoms with Crippen LogP contribution in [0.4, 0.5) is 17.1 Å². The Bertz CT molecular complexity index is 1440. The van der Waals surface area contributed by atoms with Gasteiger partial charge in [-0.15, -0.1) is 0 Å². The third-order valence-electron chi connectivity index (χ3n) is 8.46. The van der Waals surface area contributed by atoms with E-state index in [0.29, 0.717) is 30.6 Å². The maximum Gasteiger partial charge on any atom is 0.258 e. The molecule has 2 fully saturated rings. The van der Waals surface area contributed by atoms with E-state index < -0.39 is 0 Å². The van der Waals surface area contributed by atoms with Crippen LogP contribution in [-0.2, 0) is 11.2 Å². The van der Waals surface area contributed by atoms with Crippen LogP contribution in [-0.4, -0.2) is 57.2 Å². The van der Waals surface area contributed by atoms with Crippen molar-refractivity contribution in [3.63, 3.8) is 0 Å². The lowest BCUT2D eigenvalue weighted by Crippen LogP contribution is -2.54. The molecule has 40 heavy (non-hydrogen) atoms. The number of carbonyl (C=O) groups excluding carboxylic acids is 2. The molecule has 3 aromatic carbocycles. The summed E-state index contributed by atoms with van der Waals surface area (Å²) in [4.78, 5) is 32.0. The fourth-order valence-corrected chi connectivity index (χ4v) is 6.56.